The van der Waals surface area contributed by atoms with Gasteiger partial charge in [-0.3, -0.25) is 14.5 Å². The van der Waals surface area contributed by atoms with Crippen LogP contribution < -0.4 is 20.3 Å². The third-order valence-electron chi connectivity index (χ3n) is 5.92. The predicted octanol–water partition coefficient (Wildman–Crippen LogP) is 1.52. The number of fused-ring (bicyclic) bond motifs is 3. The molecule has 0 unspecified atom stereocenters. The van der Waals surface area contributed by atoms with Crippen molar-refractivity contribution in [3.63, 3.8) is 0 Å². The lowest BCUT2D eigenvalue weighted by molar-refractivity contribution is -0.132. The number of nitriles is 1. The number of ether oxygens (including phenoxy) is 2. The van der Waals surface area contributed by atoms with Gasteiger partial charge in [0.05, 0.1) is 11.8 Å². The van der Waals surface area contributed by atoms with Crippen LogP contribution in [0.1, 0.15) is 12.0 Å². The first-order valence-electron chi connectivity index (χ1n) is 11.0. The van der Waals surface area contributed by atoms with Crippen LogP contribution >= 0.6 is 0 Å². The molecule has 0 aliphatic carbocycles. The third-order valence-corrected chi connectivity index (χ3v) is 5.92. The maximum atomic E-state index is 15.0. The van der Waals surface area contributed by atoms with E-state index in [0.29, 0.717) is 35.7 Å². The van der Waals surface area contributed by atoms with Crippen LogP contribution in [0.2, 0.25) is 0 Å². The molecule has 34 heavy (non-hydrogen) atoms. The maximum absolute atomic E-state index is 15.0. The van der Waals surface area contributed by atoms with Gasteiger partial charge < -0.3 is 20.1 Å². The van der Waals surface area contributed by atoms with Crippen molar-refractivity contribution >= 4 is 23.5 Å². The van der Waals surface area contributed by atoms with Gasteiger partial charge in [-0.1, -0.05) is 18.2 Å². The minimum atomic E-state index is -0.887. The van der Waals surface area contributed by atoms with E-state index in [2.05, 4.69) is 15.6 Å². The lowest BCUT2D eigenvalue weighted by atomic mass is 9.99. The zero-order valence-corrected chi connectivity index (χ0v) is 18.2. The lowest BCUT2D eigenvalue weighted by Crippen LogP contribution is -2.46. The van der Waals surface area contributed by atoms with Crippen LogP contribution in [0.5, 0.6) is 5.75 Å². The number of hydrogen-bond acceptors (Lipinski definition) is 7. The van der Waals surface area contributed by atoms with Gasteiger partial charge in [0.15, 0.2) is 5.75 Å². The van der Waals surface area contributed by atoms with Crippen molar-refractivity contribution in [2.75, 3.05) is 31.1 Å². The summed E-state index contributed by atoms with van der Waals surface area (Å²) in [6.45, 7) is 1.72. The number of amidine groups is 1. The smallest absolute Gasteiger partial charge is 0.306 e. The largest absolute Gasteiger partial charge is 0.423 e. The normalized spacial score (nSPS) is 19.9. The van der Waals surface area contributed by atoms with Crippen LogP contribution in [-0.4, -0.2) is 56.2 Å². The van der Waals surface area contributed by atoms with Crippen LogP contribution in [0.4, 0.5) is 10.1 Å². The molecule has 2 atom stereocenters. The summed E-state index contributed by atoms with van der Waals surface area (Å²) in [7, 11) is 0. The molecule has 5 rings (SSSR count). The van der Waals surface area contributed by atoms with E-state index in [9.17, 15) is 19.2 Å². The zero-order chi connectivity index (χ0) is 23.7. The van der Waals surface area contributed by atoms with Gasteiger partial charge in [-0.25, -0.2) is 4.39 Å². The molecular weight excluding hydrogens is 441 g/mol. The first-order chi connectivity index (χ1) is 16.5. The molecule has 3 aliphatic heterocycles. The molecule has 9 nitrogen and oxygen atoms in total. The number of nitrogens with one attached hydrogen (secondary N) is 2. The number of nitrogens with zero attached hydrogens (tertiary/aromatic N) is 3. The Labute approximate surface area is 195 Å². The van der Waals surface area contributed by atoms with Crippen molar-refractivity contribution in [3.05, 3.63) is 47.8 Å². The van der Waals surface area contributed by atoms with E-state index in [1.54, 1.807) is 29.2 Å². The fourth-order valence-corrected chi connectivity index (χ4v) is 4.15. The highest BCUT2D eigenvalue weighted by molar-refractivity contribution is 6.13. The molecule has 174 valence electrons. The van der Waals surface area contributed by atoms with Crippen molar-refractivity contribution in [2.24, 2.45) is 4.99 Å². The van der Waals surface area contributed by atoms with Gasteiger partial charge in [0.25, 0.3) is 11.8 Å². The third kappa shape index (κ3) is 4.35. The van der Waals surface area contributed by atoms with Gasteiger partial charge in [-0.05, 0) is 47.9 Å². The topological polar surface area (TPSA) is 116 Å². The summed E-state index contributed by atoms with van der Waals surface area (Å²) >= 11 is 0. The molecule has 3 heterocycles. The molecule has 2 aromatic rings. The number of anilines is 1. The Kier molecular flexibility index (Phi) is 5.96. The SMILES string of the molecule is N#C[C@H](Cc1ccc(-c2ccc3c(c2)N2CC(=O)N=C2O3)cc1F)NC(=O)[C@@H]1CNCCCO1. The number of rotatable bonds is 5. The predicted molar refractivity (Wildman–Crippen MR) is 121 cm³/mol. The zero-order valence-electron chi connectivity index (χ0n) is 18.2. The van der Waals surface area contributed by atoms with E-state index in [0.717, 1.165) is 18.5 Å². The number of hydrogen-bond donors (Lipinski definition) is 2. The summed E-state index contributed by atoms with van der Waals surface area (Å²) in [6, 6.07) is 11.5. The van der Waals surface area contributed by atoms with Crippen molar-refractivity contribution < 1.29 is 23.5 Å². The summed E-state index contributed by atoms with van der Waals surface area (Å²) in [6.07, 6.45) is 0.166. The van der Waals surface area contributed by atoms with Crippen LogP contribution in [0.25, 0.3) is 11.1 Å². The maximum Gasteiger partial charge on any atom is 0.306 e. The number of aliphatic imine (C=N–C) groups is 1. The van der Waals surface area contributed by atoms with Crippen molar-refractivity contribution in [1.82, 2.24) is 10.6 Å². The fourth-order valence-electron chi connectivity index (χ4n) is 4.15. The van der Waals surface area contributed by atoms with Gasteiger partial charge >= 0.3 is 6.02 Å². The first kappa shape index (κ1) is 22.0. The monoisotopic (exact) mass is 463 g/mol. The highest BCUT2D eigenvalue weighted by Gasteiger charge is 2.35. The molecule has 3 aliphatic rings. The van der Waals surface area contributed by atoms with E-state index in [-0.39, 0.29) is 30.8 Å². The molecule has 10 heteroatoms. The number of halogens is 1. The van der Waals surface area contributed by atoms with E-state index in [1.807, 2.05) is 12.1 Å². The van der Waals surface area contributed by atoms with Gasteiger partial charge in [-0.15, -0.1) is 0 Å². The summed E-state index contributed by atoms with van der Waals surface area (Å²) in [4.78, 5) is 29.6. The van der Waals surface area contributed by atoms with Crippen LogP contribution in [0.3, 0.4) is 0 Å². The summed E-state index contributed by atoms with van der Waals surface area (Å²) in [5.41, 5.74) is 2.40. The Morgan fingerprint density at radius 1 is 1.32 bits per heavy atom. The van der Waals surface area contributed by atoms with Crippen LogP contribution in [0, 0.1) is 17.1 Å². The molecule has 1 saturated heterocycles. The average Bonchev–Trinajstić information content (AvgIpc) is 3.21. The standard InChI is InChI=1S/C24H22FN5O4/c25-18-9-14(15-4-5-20-19(10-15)30-13-22(31)29-24(30)34-20)2-3-16(18)8-17(11-26)28-23(32)21-12-27-6-1-7-33-21/h2-5,9-10,17,21,27H,1,6-8,12-13H2,(H,28,32)/t17-,21-/m0/s1. The second-order valence-electron chi connectivity index (χ2n) is 8.28. The van der Waals surface area contributed by atoms with Gasteiger partial charge in [0.2, 0.25) is 0 Å². The molecule has 0 spiro atoms. The molecule has 1 fully saturated rings. The fraction of sp³-hybridized carbons (Fsp3) is 0.333. The minimum absolute atomic E-state index is 0.0300. The van der Waals surface area contributed by atoms with Crippen molar-refractivity contribution in [2.45, 2.75) is 25.0 Å². The molecule has 2 amide bonds. The Bertz CT molecular complexity index is 1220. The molecule has 2 N–H and O–H groups in total. The van der Waals surface area contributed by atoms with E-state index in [4.69, 9.17) is 9.47 Å². The molecule has 0 bridgehead atoms. The minimum Gasteiger partial charge on any atom is -0.423 e. The Morgan fingerprint density at radius 3 is 2.97 bits per heavy atom. The van der Waals surface area contributed by atoms with Crippen molar-refractivity contribution in [3.8, 4) is 22.9 Å². The summed E-state index contributed by atoms with van der Waals surface area (Å²) in [5, 5.41) is 15.3. The quantitative estimate of drug-likeness (QED) is 0.691. The van der Waals surface area contributed by atoms with E-state index < -0.39 is 18.0 Å². The summed E-state index contributed by atoms with van der Waals surface area (Å²) in [5.74, 6) is -0.550. The number of carbonyl (C=O) groups excluding carboxylic acids is 2. The molecule has 2 aromatic carbocycles. The average molecular weight is 463 g/mol. The molecule has 0 aromatic heterocycles. The number of carbonyl (C=O) groups is 2. The van der Waals surface area contributed by atoms with Crippen LogP contribution in [0.15, 0.2) is 41.4 Å². The second kappa shape index (κ2) is 9.21. The summed E-state index contributed by atoms with van der Waals surface area (Å²) < 4.78 is 26.1. The number of amides is 2. The van der Waals surface area contributed by atoms with Crippen molar-refractivity contribution in [1.29, 1.82) is 5.26 Å². The van der Waals surface area contributed by atoms with Gasteiger partial charge in [0, 0.05) is 19.6 Å². The Hall–Kier alpha value is -3.81. The van der Waals surface area contributed by atoms with Gasteiger partial charge in [-0.2, -0.15) is 10.3 Å². The van der Waals surface area contributed by atoms with E-state index in [1.165, 1.54) is 6.07 Å². The second-order valence-corrected chi connectivity index (χ2v) is 8.28. The first-order valence-corrected chi connectivity index (χ1v) is 11.0. The lowest BCUT2D eigenvalue weighted by Gasteiger charge is -2.18. The Morgan fingerprint density at radius 2 is 2.15 bits per heavy atom. The van der Waals surface area contributed by atoms with Gasteiger partial charge in [0.1, 0.15) is 24.5 Å². The van der Waals surface area contributed by atoms with E-state index >= 15 is 0 Å². The molecule has 0 radical (unpaired) electrons. The molecule has 0 saturated carbocycles. The Balaban J connectivity index is 1.29. The highest BCUT2D eigenvalue weighted by Crippen LogP contribution is 2.39. The molecular formula is C24H22FN5O4. The van der Waals surface area contributed by atoms with Crippen LogP contribution in [-0.2, 0) is 20.7 Å². The highest BCUT2D eigenvalue weighted by atomic mass is 19.1. The number of benzene rings is 2.